The predicted molar refractivity (Wildman–Crippen MR) is 84.4 cm³/mol. The molecular formula is C17H26N2O2. The monoisotopic (exact) mass is 290 g/mol. The van der Waals surface area contributed by atoms with Crippen LogP contribution in [0.2, 0.25) is 0 Å². The topological polar surface area (TPSA) is 41.6 Å². The number of benzene rings is 1. The molecule has 0 saturated heterocycles. The van der Waals surface area contributed by atoms with Gasteiger partial charge in [0.2, 0.25) is 5.91 Å². The lowest BCUT2D eigenvalue weighted by Crippen LogP contribution is -2.39. The summed E-state index contributed by atoms with van der Waals surface area (Å²) in [6.45, 7) is 1.83. The number of likely N-dealkylation sites (N-methyl/N-ethyl adjacent to an activating group) is 1. The molecule has 0 radical (unpaired) electrons. The van der Waals surface area contributed by atoms with Crippen molar-refractivity contribution in [2.45, 2.75) is 38.1 Å². The van der Waals surface area contributed by atoms with Crippen LogP contribution in [-0.4, -0.2) is 43.6 Å². The Labute approximate surface area is 127 Å². The third-order valence-corrected chi connectivity index (χ3v) is 3.97. The summed E-state index contributed by atoms with van der Waals surface area (Å²) in [5.41, 5.74) is 0. The largest absolute Gasteiger partial charge is 0.494 e. The maximum absolute atomic E-state index is 12.0. The van der Waals surface area contributed by atoms with Crippen molar-refractivity contribution in [3.8, 4) is 5.75 Å². The molecule has 0 aliphatic heterocycles. The Morgan fingerprint density at radius 1 is 1.29 bits per heavy atom. The van der Waals surface area contributed by atoms with E-state index in [0.29, 0.717) is 19.2 Å². The fourth-order valence-corrected chi connectivity index (χ4v) is 2.63. The molecule has 1 fully saturated rings. The van der Waals surface area contributed by atoms with E-state index in [1.807, 2.05) is 37.4 Å². The Bertz CT molecular complexity index is 416. The Kier molecular flexibility index (Phi) is 6.54. The number of hydrogen-bond donors (Lipinski definition) is 1. The highest BCUT2D eigenvalue weighted by Gasteiger charge is 2.16. The summed E-state index contributed by atoms with van der Waals surface area (Å²) >= 11 is 0. The number of hydrogen-bond acceptors (Lipinski definition) is 3. The van der Waals surface area contributed by atoms with E-state index in [0.717, 1.165) is 18.7 Å². The molecule has 1 amide bonds. The second-order valence-electron chi connectivity index (χ2n) is 5.69. The molecule has 4 heteroatoms. The van der Waals surface area contributed by atoms with Gasteiger partial charge in [-0.15, -0.1) is 0 Å². The zero-order valence-electron chi connectivity index (χ0n) is 12.9. The summed E-state index contributed by atoms with van der Waals surface area (Å²) < 4.78 is 5.62. The zero-order chi connectivity index (χ0) is 14.9. The minimum atomic E-state index is 0.168. The van der Waals surface area contributed by atoms with Crippen LogP contribution >= 0.6 is 0 Å². The summed E-state index contributed by atoms with van der Waals surface area (Å²) in [7, 11) is 1.86. The van der Waals surface area contributed by atoms with Gasteiger partial charge in [-0.05, 0) is 31.4 Å². The van der Waals surface area contributed by atoms with Gasteiger partial charge in [-0.1, -0.05) is 31.0 Å². The van der Waals surface area contributed by atoms with Crippen LogP contribution in [0, 0.1) is 0 Å². The van der Waals surface area contributed by atoms with E-state index in [1.165, 1.54) is 25.7 Å². The summed E-state index contributed by atoms with van der Waals surface area (Å²) in [6.07, 6.45) is 5.85. The molecule has 1 aromatic rings. The first kappa shape index (κ1) is 15.8. The predicted octanol–water partition coefficient (Wildman–Crippen LogP) is 2.45. The molecule has 0 unspecified atom stereocenters. The first-order chi connectivity index (χ1) is 10.3. The number of carbonyl (C=O) groups excluding carboxylic acids is 1. The Hall–Kier alpha value is -1.55. The van der Waals surface area contributed by atoms with Gasteiger partial charge in [0.15, 0.2) is 0 Å². The van der Waals surface area contributed by atoms with Crippen molar-refractivity contribution in [1.82, 2.24) is 10.2 Å². The fourth-order valence-electron chi connectivity index (χ4n) is 2.63. The lowest BCUT2D eigenvalue weighted by molar-refractivity contribution is -0.129. The number of nitrogens with one attached hydrogen (secondary N) is 1. The molecule has 0 aromatic heterocycles. The number of carbonyl (C=O) groups is 1. The highest BCUT2D eigenvalue weighted by molar-refractivity contribution is 5.77. The number of ether oxygens (including phenoxy) is 1. The first-order valence-corrected chi connectivity index (χ1v) is 7.91. The van der Waals surface area contributed by atoms with Gasteiger partial charge in [0.1, 0.15) is 5.75 Å². The standard InChI is InChI=1S/C17H26N2O2/c1-19(17(20)14-18-15-8-5-6-9-15)12-7-13-21-16-10-3-2-4-11-16/h2-4,10-11,15,18H,5-9,12-14H2,1H3. The summed E-state index contributed by atoms with van der Waals surface area (Å²) in [5, 5.41) is 3.36. The van der Waals surface area contributed by atoms with Crippen molar-refractivity contribution in [3.63, 3.8) is 0 Å². The van der Waals surface area contributed by atoms with Crippen LogP contribution < -0.4 is 10.1 Å². The molecule has 1 aliphatic rings. The van der Waals surface area contributed by atoms with Crippen LogP contribution in [0.25, 0.3) is 0 Å². The van der Waals surface area contributed by atoms with Crippen LogP contribution in [0.5, 0.6) is 5.75 Å². The third kappa shape index (κ3) is 5.76. The SMILES string of the molecule is CN(CCCOc1ccccc1)C(=O)CNC1CCCC1. The van der Waals surface area contributed by atoms with Gasteiger partial charge < -0.3 is 15.0 Å². The first-order valence-electron chi connectivity index (χ1n) is 7.91. The van der Waals surface area contributed by atoms with E-state index in [-0.39, 0.29) is 5.91 Å². The maximum Gasteiger partial charge on any atom is 0.236 e. The molecule has 0 atom stereocenters. The van der Waals surface area contributed by atoms with Crippen molar-refractivity contribution in [2.75, 3.05) is 26.7 Å². The van der Waals surface area contributed by atoms with Crippen molar-refractivity contribution in [3.05, 3.63) is 30.3 Å². The third-order valence-electron chi connectivity index (χ3n) is 3.97. The molecule has 0 bridgehead atoms. The number of rotatable bonds is 8. The number of para-hydroxylation sites is 1. The molecule has 0 heterocycles. The van der Waals surface area contributed by atoms with Gasteiger partial charge in [-0.3, -0.25) is 4.79 Å². The highest BCUT2D eigenvalue weighted by atomic mass is 16.5. The molecule has 1 aliphatic carbocycles. The van der Waals surface area contributed by atoms with Crippen molar-refractivity contribution in [1.29, 1.82) is 0 Å². The lowest BCUT2D eigenvalue weighted by Gasteiger charge is -2.19. The van der Waals surface area contributed by atoms with E-state index >= 15 is 0 Å². The Morgan fingerprint density at radius 2 is 2.00 bits per heavy atom. The summed E-state index contributed by atoms with van der Waals surface area (Å²) in [5.74, 6) is 1.05. The zero-order valence-corrected chi connectivity index (χ0v) is 12.9. The average molecular weight is 290 g/mol. The van der Waals surface area contributed by atoms with Gasteiger partial charge in [0.25, 0.3) is 0 Å². The van der Waals surface area contributed by atoms with Crippen molar-refractivity contribution < 1.29 is 9.53 Å². The van der Waals surface area contributed by atoms with Gasteiger partial charge in [-0.2, -0.15) is 0 Å². The quantitative estimate of drug-likeness (QED) is 0.748. The van der Waals surface area contributed by atoms with E-state index in [2.05, 4.69) is 5.32 Å². The molecule has 4 nitrogen and oxygen atoms in total. The molecular weight excluding hydrogens is 264 g/mol. The summed E-state index contributed by atoms with van der Waals surface area (Å²) in [4.78, 5) is 13.8. The molecule has 1 N–H and O–H groups in total. The second-order valence-corrected chi connectivity index (χ2v) is 5.69. The number of nitrogens with zero attached hydrogens (tertiary/aromatic N) is 1. The van der Waals surface area contributed by atoms with Crippen LogP contribution in [0.4, 0.5) is 0 Å². The van der Waals surface area contributed by atoms with Gasteiger partial charge in [0, 0.05) is 19.6 Å². The minimum Gasteiger partial charge on any atom is -0.494 e. The molecule has 0 spiro atoms. The summed E-state index contributed by atoms with van der Waals surface area (Å²) in [6, 6.07) is 10.3. The minimum absolute atomic E-state index is 0.168. The van der Waals surface area contributed by atoms with Crippen molar-refractivity contribution >= 4 is 5.91 Å². The van der Waals surface area contributed by atoms with E-state index in [1.54, 1.807) is 4.90 Å². The van der Waals surface area contributed by atoms with E-state index in [4.69, 9.17) is 4.74 Å². The van der Waals surface area contributed by atoms with Gasteiger partial charge in [-0.25, -0.2) is 0 Å². The maximum atomic E-state index is 12.0. The van der Waals surface area contributed by atoms with Crippen LogP contribution in [0.3, 0.4) is 0 Å². The van der Waals surface area contributed by atoms with E-state index < -0.39 is 0 Å². The Morgan fingerprint density at radius 3 is 2.71 bits per heavy atom. The molecule has 116 valence electrons. The molecule has 1 aromatic carbocycles. The molecule has 21 heavy (non-hydrogen) atoms. The smallest absolute Gasteiger partial charge is 0.236 e. The van der Waals surface area contributed by atoms with Crippen LogP contribution in [0.15, 0.2) is 30.3 Å². The van der Waals surface area contributed by atoms with Gasteiger partial charge in [0.05, 0.1) is 13.2 Å². The molecule has 2 rings (SSSR count). The average Bonchev–Trinajstić information content (AvgIpc) is 3.03. The highest BCUT2D eigenvalue weighted by Crippen LogP contribution is 2.17. The fraction of sp³-hybridized carbons (Fsp3) is 0.588. The number of amides is 1. The lowest BCUT2D eigenvalue weighted by atomic mass is 10.2. The second kappa shape index (κ2) is 8.67. The van der Waals surface area contributed by atoms with Crippen LogP contribution in [-0.2, 0) is 4.79 Å². The van der Waals surface area contributed by atoms with Gasteiger partial charge >= 0.3 is 0 Å². The van der Waals surface area contributed by atoms with E-state index in [9.17, 15) is 4.79 Å². The Balaban J connectivity index is 1.55. The van der Waals surface area contributed by atoms with Crippen molar-refractivity contribution in [2.24, 2.45) is 0 Å². The molecule has 1 saturated carbocycles. The normalized spacial score (nSPS) is 15.1. The van der Waals surface area contributed by atoms with Crippen LogP contribution in [0.1, 0.15) is 32.1 Å².